The first kappa shape index (κ1) is 34.3. The number of aryl methyl sites for hydroxylation is 1. The van der Waals surface area contributed by atoms with E-state index in [0.717, 1.165) is 63.8 Å². The lowest BCUT2D eigenvalue weighted by Gasteiger charge is -2.34. The van der Waals surface area contributed by atoms with Gasteiger partial charge in [0.25, 0.3) is 0 Å². The number of aromatic nitrogens is 7. The molecule has 0 saturated carbocycles. The van der Waals surface area contributed by atoms with Crippen molar-refractivity contribution in [1.29, 1.82) is 0 Å². The van der Waals surface area contributed by atoms with Gasteiger partial charge in [-0.2, -0.15) is 4.98 Å². The molecule has 0 spiro atoms. The maximum atomic E-state index is 6.34. The summed E-state index contributed by atoms with van der Waals surface area (Å²) >= 11 is 0. The summed E-state index contributed by atoms with van der Waals surface area (Å²) in [5, 5.41) is 23.6. The van der Waals surface area contributed by atoms with Crippen molar-refractivity contribution in [3.05, 3.63) is 198 Å². The molecule has 8 rings (SSSR count). The van der Waals surface area contributed by atoms with E-state index in [1.165, 1.54) is 0 Å². The van der Waals surface area contributed by atoms with E-state index in [0.29, 0.717) is 29.8 Å². The zero-order valence-corrected chi connectivity index (χ0v) is 30.0. The maximum absolute atomic E-state index is 6.34. The van der Waals surface area contributed by atoms with Crippen molar-refractivity contribution in [1.82, 2.24) is 35.4 Å². The fourth-order valence-corrected chi connectivity index (χ4v) is 6.87. The molecule has 0 bridgehead atoms. The standard InChI is InChI=1S/C46H39N7O/c1-2-3-28-42-47-45(43(49-48-42)36-18-8-4-9-19-36)54-33-34-29-31-35(32-30-34)40-26-16-17-27-41(40)44-50-52-53(51-44)46(37-20-10-5-11-21-37,38-22-12-6-13-23-38)39-24-14-7-15-25-39/h4-27,29-32H,2-3,28,33H2,1H3. The summed E-state index contributed by atoms with van der Waals surface area (Å²) in [5.41, 5.74) is 7.71. The van der Waals surface area contributed by atoms with Crippen LogP contribution < -0.4 is 4.74 Å². The highest BCUT2D eigenvalue weighted by molar-refractivity contribution is 5.80. The van der Waals surface area contributed by atoms with Crippen molar-refractivity contribution in [2.24, 2.45) is 0 Å². The average molecular weight is 706 g/mol. The number of hydrogen-bond donors (Lipinski definition) is 0. The normalized spacial score (nSPS) is 11.4. The van der Waals surface area contributed by atoms with Crippen LogP contribution in [0.15, 0.2) is 170 Å². The average Bonchev–Trinajstić information content (AvgIpc) is 3.75. The van der Waals surface area contributed by atoms with Gasteiger partial charge in [0.2, 0.25) is 11.7 Å². The zero-order valence-electron chi connectivity index (χ0n) is 30.0. The molecule has 0 saturated heterocycles. The summed E-state index contributed by atoms with van der Waals surface area (Å²) in [6.07, 6.45) is 2.81. The maximum Gasteiger partial charge on any atom is 0.244 e. The number of benzene rings is 6. The zero-order chi connectivity index (χ0) is 36.6. The highest BCUT2D eigenvalue weighted by Crippen LogP contribution is 2.40. The molecular weight excluding hydrogens is 667 g/mol. The number of nitrogens with zero attached hydrogens (tertiary/aromatic N) is 7. The number of tetrazole rings is 1. The Morgan fingerprint density at radius 3 is 1.70 bits per heavy atom. The third-order valence-electron chi connectivity index (χ3n) is 9.60. The molecule has 6 aromatic carbocycles. The van der Waals surface area contributed by atoms with Gasteiger partial charge in [-0.25, -0.2) is 0 Å². The molecule has 0 aliphatic heterocycles. The van der Waals surface area contributed by atoms with E-state index in [-0.39, 0.29) is 0 Å². The van der Waals surface area contributed by atoms with E-state index in [4.69, 9.17) is 25.1 Å². The lowest BCUT2D eigenvalue weighted by atomic mass is 9.77. The summed E-state index contributed by atoms with van der Waals surface area (Å²) in [6.45, 7) is 2.49. The van der Waals surface area contributed by atoms with Gasteiger partial charge in [-0.15, -0.1) is 25.2 Å². The van der Waals surface area contributed by atoms with Crippen molar-refractivity contribution < 1.29 is 4.74 Å². The van der Waals surface area contributed by atoms with E-state index in [9.17, 15) is 0 Å². The molecule has 0 N–H and O–H groups in total. The van der Waals surface area contributed by atoms with Crippen LogP contribution in [-0.4, -0.2) is 35.4 Å². The molecule has 0 unspecified atom stereocenters. The van der Waals surface area contributed by atoms with Gasteiger partial charge in [-0.1, -0.05) is 183 Å². The fourth-order valence-electron chi connectivity index (χ4n) is 6.87. The van der Waals surface area contributed by atoms with Crippen LogP contribution in [0.5, 0.6) is 5.88 Å². The van der Waals surface area contributed by atoms with Crippen molar-refractivity contribution in [3.8, 4) is 39.7 Å². The highest BCUT2D eigenvalue weighted by atomic mass is 16.5. The van der Waals surface area contributed by atoms with Crippen molar-refractivity contribution >= 4 is 0 Å². The lowest BCUT2D eigenvalue weighted by Crippen LogP contribution is -2.39. The first-order valence-electron chi connectivity index (χ1n) is 18.3. The summed E-state index contributed by atoms with van der Waals surface area (Å²) < 4.78 is 6.34. The van der Waals surface area contributed by atoms with Gasteiger partial charge in [0, 0.05) is 17.5 Å². The molecule has 54 heavy (non-hydrogen) atoms. The Balaban J connectivity index is 1.11. The predicted octanol–water partition coefficient (Wildman–Crippen LogP) is 9.62. The van der Waals surface area contributed by atoms with E-state index in [1.807, 2.05) is 66.7 Å². The van der Waals surface area contributed by atoms with Gasteiger partial charge >= 0.3 is 0 Å². The minimum atomic E-state index is -0.859. The van der Waals surface area contributed by atoms with Crippen LogP contribution >= 0.6 is 0 Å². The molecule has 2 heterocycles. The van der Waals surface area contributed by atoms with E-state index < -0.39 is 5.54 Å². The monoisotopic (exact) mass is 705 g/mol. The van der Waals surface area contributed by atoms with Crippen LogP contribution in [0.3, 0.4) is 0 Å². The van der Waals surface area contributed by atoms with Crippen LogP contribution in [0.25, 0.3) is 33.8 Å². The topological polar surface area (TPSA) is 91.5 Å². The minimum Gasteiger partial charge on any atom is -0.471 e. The number of rotatable bonds is 13. The third-order valence-corrected chi connectivity index (χ3v) is 9.60. The molecule has 0 aliphatic rings. The second-order valence-electron chi connectivity index (χ2n) is 13.1. The number of hydrogen-bond acceptors (Lipinski definition) is 7. The van der Waals surface area contributed by atoms with E-state index in [1.54, 1.807) is 4.80 Å². The fraction of sp³-hybridized carbons (Fsp3) is 0.130. The largest absolute Gasteiger partial charge is 0.471 e. The minimum absolute atomic E-state index is 0.337. The van der Waals surface area contributed by atoms with Crippen LogP contribution in [0, 0.1) is 0 Å². The number of ether oxygens (including phenoxy) is 1. The summed E-state index contributed by atoms with van der Waals surface area (Å²) in [7, 11) is 0. The molecule has 0 atom stereocenters. The van der Waals surface area contributed by atoms with Crippen molar-refractivity contribution in [3.63, 3.8) is 0 Å². The third kappa shape index (κ3) is 6.89. The molecule has 8 heteroatoms. The number of unbranched alkanes of at least 4 members (excludes halogenated alkanes) is 1. The second-order valence-corrected chi connectivity index (χ2v) is 13.1. The van der Waals surface area contributed by atoms with Gasteiger partial charge in [0.05, 0.1) is 0 Å². The van der Waals surface area contributed by atoms with Gasteiger partial charge in [-0.05, 0) is 45.0 Å². The highest BCUT2D eigenvalue weighted by Gasteiger charge is 2.41. The Morgan fingerprint density at radius 2 is 1.11 bits per heavy atom. The Morgan fingerprint density at radius 1 is 0.556 bits per heavy atom. The van der Waals surface area contributed by atoms with Crippen molar-refractivity contribution in [2.45, 2.75) is 38.3 Å². The van der Waals surface area contributed by atoms with Crippen LogP contribution in [0.2, 0.25) is 0 Å². The Labute approximate surface area is 315 Å². The molecule has 8 aromatic rings. The van der Waals surface area contributed by atoms with Crippen molar-refractivity contribution in [2.75, 3.05) is 0 Å². The smallest absolute Gasteiger partial charge is 0.244 e. The van der Waals surface area contributed by atoms with Crippen LogP contribution in [-0.2, 0) is 18.6 Å². The first-order chi connectivity index (χ1) is 26.7. The Bertz CT molecular complexity index is 2320. The van der Waals surface area contributed by atoms with Gasteiger partial charge in [0.15, 0.2) is 17.1 Å². The van der Waals surface area contributed by atoms with E-state index >= 15 is 0 Å². The predicted molar refractivity (Wildman–Crippen MR) is 212 cm³/mol. The van der Waals surface area contributed by atoms with Crippen LogP contribution in [0.1, 0.15) is 47.8 Å². The van der Waals surface area contributed by atoms with Crippen LogP contribution in [0.4, 0.5) is 0 Å². The molecular formula is C46H39N7O. The van der Waals surface area contributed by atoms with Gasteiger partial charge < -0.3 is 4.74 Å². The van der Waals surface area contributed by atoms with E-state index in [2.05, 4.69) is 120 Å². The molecule has 0 radical (unpaired) electrons. The summed E-state index contributed by atoms with van der Waals surface area (Å²) in [4.78, 5) is 6.53. The molecule has 0 fully saturated rings. The first-order valence-corrected chi connectivity index (χ1v) is 18.3. The summed E-state index contributed by atoms with van der Waals surface area (Å²) in [6, 6.07) is 57.6. The van der Waals surface area contributed by atoms with Gasteiger partial charge in [0.1, 0.15) is 6.61 Å². The molecule has 0 amide bonds. The Hall–Kier alpha value is -6.80. The molecule has 2 aromatic heterocycles. The molecule has 8 nitrogen and oxygen atoms in total. The lowest BCUT2D eigenvalue weighted by molar-refractivity contribution is 0.291. The van der Waals surface area contributed by atoms with Gasteiger partial charge in [-0.3, -0.25) is 0 Å². The second kappa shape index (κ2) is 15.8. The Kier molecular flexibility index (Phi) is 10.1. The summed E-state index contributed by atoms with van der Waals surface area (Å²) in [5.74, 6) is 1.72. The molecule has 264 valence electrons. The quantitative estimate of drug-likeness (QED) is 0.110. The SMILES string of the molecule is CCCCc1nnc(-c2ccccc2)c(OCc2ccc(-c3ccccc3-c3nnn(C(c4ccccc4)(c4ccccc4)c4ccccc4)n3)cc2)n1. The molecule has 0 aliphatic carbocycles.